The second-order valence-corrected chi connectivity index (χ2v) is 6.98. The summed E-state index contributed by atoms with van der Waals surface area (Å²) in [6.07, 6.45) is 0.861. The monoisotopic (exact) mass is 281 g/mol. The van der Waals surface area contributed by atoms with Crippen LogP contribution < -0.4 is 5.32 Å². The zero-order valence-corrected chi connectivity index (χ0v) is 13.3. The van der Waals surface area contributed by atoms with Crippen LogP contribution in [0.2, 0.25) is 0 Å². The average Bonchev–Trinajstić information content (AvgIpc) is 2.86. The predicted molar refractivity (Wildman–Crippen MR) is 78.2 cm³/mol. The number of hydrogen-bond acceptors (Lipinski definition) is 3. The van der Waals surface area contributed by atoms with Gasteiger partial charge >= 0.3 is 0 Å². The molecule has 0 aromatic rings. The molecular formula is C15H27N3O2. The van der Waals surface area contributed by atoms with Gasteiger partial charge in [0.25, 0.3) is 0 Å². The molecule has 2 heterocycles. The van der Waals surface area contributed by atoms with Gasteiger partial charge in [-0.25, -0.2) is 0 Å². The van der Waals surface area contributed by atoms with Crippen molar-refractivity contribution in [2.24, 2.45) is 11.3 Å². The second-order valence-electron chi connectivity index (χ2n) is 6.98. The molecule has 20 heavy (non-hydrogen) atoms. The lowest BCUT2D eigenvalue weighted by Gasteiger charge is -2.48. The Morgan fingerprint density at radius 1 is 1.30 bits per heavy atom. The van der Waals surface area contributed by atoms with E-state index in [9.17, 15) is 9.59 Å². The number of nitrogens with one attached hydrogen (secondary N) is 1. The van der Waals surface area contributed by atoms with E-state index in [4.69, 9.17) is 0 Å². The fourth-order valence-electron chi connectivity index (χ4n) is 3.47. The minimum atomic E-state index is -0.742. The topological polar surface area (TPSA) is 52.7 Å². The Hall–Kier alpha value is -1.10. The van der Waals surface area contributed by atoms with E-state index in [-0.39, 0.29) is 23.1 Å². The summed E-state index contributed by atoms with van der Waals surface area (Å²) in [6, 6.07) is 0. The molecule has 2 aliphatic heterocycles. The van der Waals surface area contributed by atoms with E-state index < -0.39 is 5.54 Å². The smallest absolute Gasteiger partial charge is 0.247 e. The molecule has 0 saturated carbocycles. The first-order valence-corrected chi connectivity index (χ1v) is 7.52. The molecule has 2 saturated heterocycles. The maximum absolute atomic E-state index is 13.1. The molecule has 1 unspecified atom stereocenters. The van der Waals surface area contributed by atoms with Crippen LogP contribution in [0.4, 0.5) is 0 Å². The second kappa shape index (κ2) is 5.02. The maximum atomic E-state index is 13.1. The summed E-state index contributed by atoms with van der Waals surface area (Å²) in [5.41, 5.74) is -1.10. The van der Waals surface area contributed by atoms with Crippen molar-refractivity contribution < 1.29 is 9.59 Å². The Labute approximate surface area is 121 Å². The Morgan fingerprint density at radius 3 is 2.45 bits per heavy atom. The third-order valence-electron chi connectivity index (χ3n) is 5.17. The summed E-state index contributed by atoms with van der Waals surface area (Å²) < 4.78 is 0. The van der Waals surface area contributed by atoms with E-state index >= 15 is 0 Å². The van der Waals surface area contributed by atoms with Crippen LogP contribution in [0.5, 0.6) is 0 Å². The standard InChI is InChI=1S/C15H27N3O2/c1-11(2)15(6-7-16-10-15)13(20)18-9-8-17(5)12(19)14(18,3)4/h11,16H,6-10H2,1-5H3. The van der Waals surface area contributed by atoms with E-state index in [1.54, 1.807) is 11.9 Å². The van der Waals surface area contributed by atoms with Crippen molar-refractivity contribution in [2.45, 2.75) is 39.7 Å². The number of hydrogen-bond donors (Lipinski definition) is 1. The zero-order valence-electron chi connectivity index (χ0n) is 13.3. The zero-order chi connectivity index (χ0) is 15.1. The van der Waals surface area contributed by atoms with E-state index in [1.807, 2.05) is 18.7 Å². The Kier molecular flexibility index (Phi) is 3.84. The molecular weight excluding hydrogens is 254 g/mol. The number of piperazine rings is 1. The lowest BCUT2D eigenvalue weighted by atomic mass is 9.74. The summed E-state index contributed by atoms with van der Waals surface area (Å²) in [5.74, 6) is 0.446. The van der Waals surface area contributed by atoms with Crippen molar-refractivity contribution in [1.82, 2.24) is 15.1 Å². The van der Waals surface area contributed by atoms with Gasteiger partial charge in [0.15, 0.2) is 0 Å². The molecule has 0 aliphatic carbocycles. The molecule has 0 aromatic carbocycles. The van der Waals surface area contributed by atoms with Crippen LogP contribution in [0, 0.1) is 11.3 Å². The summed E-state index contributed by atoms with van der Waals surface area (Å²) in [5, 5.41) is 3.32. The number of rotatable bonds is 2. The van der Waals surface area contributed by atoms with E-state index in [1.165, 1.54) is 0 Å². The van der Waals surface area contributed by atoms with Gasteiger partial charge in [-0.05, 0) is 32.7 Å². The van der Waals surface area contributed by atoms with Crippen LogP contribution >= 0.6 is 0 Å². The van der Waals surface area contributed by atoms with Gasteiger partial charge in [-0.2, -0.15) is 0 Å². The Morgan fingerprint density at radius 2 is 1.95 bits per heavy atom. The lowest BCUT2D eigenvalue weighted by Crippen LogP contribution is -2.66. The van der Waals surface area contributed by atoms with Gasteiger partial charge in [0.2, 0.25) is 11.8 Å². The van der Waals surface area contributed by atoms with Crippen LogP contribution in [0.3, 0.4) is 0 Å². The molecule has 1 atom stereocenters. The number of carbonyl (C=O) groups is 2. The van der Waals surface area contributed by atoms with Crippen LogP contribution in [-0.2, 0) is 9.59 Å². The molecule has 0 spiro atoms. The molecule has 1 N–H and O–H groups in total. The SMILES string of the molecule is CC(C)C1(C(=O)N2CCN(C)C(=O)C2(C)C)CCNC1. The third-order valence-corrected chi connectivity index (χ3v) is 5.17. The first kappa shape index (κ1) is 15.3. The Bertz CT molecular complexity index is 411. The highest BCUT2D eigenvalue weighted by molar-refractivity contribution is 5.94. The number of amides is 2. The molecule has 0 aromatic heterocycles. The highest BCUT2D eigenvalue weighted by Crippen LogP contribution is 2.38. The van der Waals surface area contributed by atoms with Gasteiger partial charge in [0.1, 0.15) is 5.54 Å². The molecule has 5 nitrogen and oxygen atoms in total. The molecule has 2 aliphatic rings. The van der Waals surface area contributed by atoms with Crippen LogP contribution in [0.25, 0.3) is 0 Å². The first-order valence-electron chi connectivity index (χ1n) is 7.52. The average molecular weight is 281 g/mol. The molecule has 114 valence electrons. The predicted octanol–water partition coefficient (Wildman–Crippen LogP) is 0.701. The first-order chi connectivity index (χ1) is 9.23. The molecule has 0 radical (unpaired) electrons. The van der Waals surface area contributed by atoms with Gasteiger partial charge < -0.3 is 15.1 Å². The van der Waals surface area contributed by atoms with Crippen LogP contribution in [0.15, 0.2) is 0 Å². The highest BCUT2D eigenvalue weighted by Gasteiger charge is 2.52. The number of nitrogens with zero attached hydrogens (tertiary/aromatic N) is 2. The molecule has 5 heteroatoms. The van der Waals surface area contributed by atoms with E-state index in [0.29, 0.717) is 13.1 Å². The molecule has 2 rings (SSSR count). The fraction of sp³-hybridized carbons (Fsp3) is 0.867. The van der Waals surface area contributed by atoms with E-state index in [2.05, 4.69) is 19.2 Å². The van der Waals surface area contributed by atoms with Crippen LogP contribution in [-0.4, -0.2) is 60.4 Å². The number of likely N-dealkylation sites (N-methyl/N-ethyl adjacent to an activating group) is 1. The maximum Gasteiger partial charge on any atom is 0.247 e. The summed E-state index contributed by atoms with van der Waals surface area (Å²) in [7, 11) is 1.81. The van der Waals surface area contributed by atoms with Crippen molar-refractivity contribution in [3.8, 4) is 0 Å². The quantitative estimate of drug-likeness (QED) is 0.811. The van der Waals surface area contributed by atoms with Gasteiger partial charge in [0, 0.05) is 26.7 Å². The fourth-order valence-corrected chi connectivity index (χ4v) is 3.47. The summed E-state index contributed by atoms with van der Waals surface area (Å²) in [4.78, 5) is 29.0. The largest absolute Gasteiger partial charge is 0.342 e. The third kappa shape index (κ3) is 2.12. The highest BCUT2D eigenvalue weighted by atomic mass is 16.2. The van der Waals surface area contributed by atoms with Crippen molar-refractivity contribution >= 4 is 11.8 Å². The van der Waals surface area contributed by atoms with Crippen molar-refractivity contribution in [1.29, 1.82) is 0 Å². The minimum absolute atomic E-state index is 0.0296. The summed E-state index contributed by atoms with van der Waals surface area (Å²) >= 11 is 0. The molecule has 0 bridgehead atoms. The lowest BCUT2D eigenvalue weighted by molar-refractivity contribution is -0.164. The van der Waals surface area contributed by atoms with Gasteiger partial charge in [-0.15, -0.1) is 0 Å². The van der Waals surface area contributed by atoms with Gasteiger partial charge in [0.05, 0.1) is 5.41 Å². The Balaban J connectivity index is 2.30. The van der Waals surface area contributed by atoms with Crippen molar-refractivity contribution in [2.75, 3.05) is 33.2 Å². The van der Waals surface area contributed by atoms with Gasteiger partial charge in [-0.3, -0.25) is 9.59 Å². The number of carbonyl (C=O) groups excluding carboxylic acids is 2. The van der Waals surface area contributed by atoms with Crippen molar-refractivity contribution in [3.63, 3.8) is 0 Å². The summed E-state index contributed by atoms with van der Waals surface area (Å²) in [6.45, 7) is 10.8. The van der Waals surface area contributed by atoms with E-state index in [0.717, 1.165) is 19.5 Å². The van der Waals surface area contributed by atoms with Gasteiger partial charge in [-0.1, -0.05) is 13.8 Å². The normalized spacial score (nSPS) is 30.2. The molecule has 2 fully saturated rings. The minimum Gasteiger partial charge on any atom is -0.342 e. The van der Waals surface area contributed by atoms with Crippen molar-refractivity contribution in [3.05, 3.63) is 0 Å². The molecule has 2 amide bonds. The van der Waals surface area contributed by atoms with Crippen LogP contribution in [0.1, 0.15) is 34.1 Å².